The summed E-state index contributed by atoms with van der Waals surface area (Å²) in [4.78, 5) is 21.3. The first-order valence-corrected chi connectivity index (χ1v) is 3.72. The number of rotatable bonds is 3. The molecule has 0 amide bonds. The normalized spacial score (nSPS) is 10.8. The number of aliphatic carboxylic acids is 2. The SMILES string of the molecule is C/C=C(/C(=O)O)C(C(=O)O)=C(C)C. The third kappa shape index (κ3) is 2.74. The fourth-order valence-electron chi connectivity index (χ4n) is 0.973. The molecule has 0 aliphatic rings. The first kappa shape index (κ1) is 11.4. The molecule has 0 atom stereocenters. The van der Waals surface area contributed by atoms with Crippen LogP contribution in [-0.2, 0) is 9.59 Å². The van der Waals surface area contributed by atoms with Crippen molar-refractivity contribution in [1.29, 1.82) is 0 Å². The van der Waals surface area contributed by atoms with Gasteiger partial charge >= 0.3 is 11.9 Å². The monoisotopic (exact) mass is 184 g/mol. The van der Waals surface area contributed by atoms with Crippen molar-refractivity contribution in [3.8, 4) is 0 Å². The Kier molecular flexibility index (Phi) is 3.91. The van der Waals surface area contributed by atoms with Gasteiger partial charge in [0.1, 0.15) is 0 Å². The average molecular weight is 184 g/mol. The highest BCUT2D eigenvalue weighted by Gasteiger charge is 2.19. The molecule has 0 saturated carbocycles. The van der Waals surface area contributed by atoms with E-state index in [1.165, 1.54) is 13.0 Å². The number of carbonyl (C=O) groups is 2. The van der Waals surface area contributed by atoms with Crippen LogP contribution < -0.4 is 0 Å². The topological polar surface area (TPSA) is 74.6 Å². The lowest BCUT2D eigenvalue weighted by molar-refractivity contribution is -0.136. The van der Waals surface area contributed by atoms with Gasteiger partial charge in [0, 0.05) is 0 Å². The molecule has 4 nitrogen and oxygen atoms in total. The van der Waals surface area contributed by atoms with Crippen molar-refractivity contribution in [2.75, 3.05) is 0 Å². The molecule has 0 rings (SSSR count). The van der Waals surface area contributed by atoms with Crippen LogP contribution in [-0.4, -0.2) is 22.2 Å². The average Bonchev–Trinajstić information content (AvgIpc) is 1.97. The van der Waals surface area contributed by atoms with Gasteiger partial charge in [-0.1, -0.05) is 11.6 Å². The molecule has 0 aliphatic carbocycles. The van der Waals surface area contributed by atoms with Crippen LogP contribution in [0.2, 0.25) is 0 Å². The van der Waals surface area contributed by atoms with E-state index in [9.17, 15) is 9.59 Å². The highest BCUT2D eigenvalue weighted by atomic mass is 16.4. The van der Waals surface area contributed by atoms with E-state index < -0.39 is 11.9 Å². The minimum absolute atomic E-state index is 0.144. The van der Waals surface area contributed by atoms with E-state index in [1.54, 1.807) is 13.8 Å². The standard InChI is InChI=1S/C9H12O4/c1-4-6(8(10)11)7(5(2)3)9(12)13/h4H,1-3H3,(H,10,11)(H,12,13)/b6-4+. The highest BCUT2D eigenvalue weighted by Crippen LogP contribution is 2.15. The molecule has 0 heterocycles. The highest BCUT2D eigenvalue weighted by molar-refractivity contribution is 6.05. The van der Waals surface area contributed by atoms with Gasteiger partial charge < -0.3 is 10.2 Å². The van der Waals surface area contributed by atoms with Gasteiger partial charge in [0.2, 0.25) is 0 Å². The summed E-state index contributed by atoms with van der Waals surface area (Å²) in [5.74, 6) is -2.43. The van der Waals surface area contributed by atoms with Crippen LogP contribution in [0.5, 0.6) is 0 Å². The molecule has 2 N–H and O–H groups in total. The predicted molar refractivity (Wildman–Crippen MR) is 47.4 cm³/mol. The van der Waals surface area contributed by atoms with E-state index in [1.807, 2.05) is 0 Å². The molecular formula is C9H12O4. The Balaban J connectivity index is 5.34. The second-order valence-electron chi connectivity index (χ2n) is 2.69. The molecule has 0 unspecified atom stereocenters. The van der Waals surface area contributed by atoms with Gasteiger partial charge in [0.25, 0.3) is 0 Å². The molecule has 0 aromatic carbocycles. The maximum Gasteiger partial charge on any atom is 0.336 e. The summed E-state index contributed by atoms with van der Waals surface area (Å²) in [5.41, 5.74) is 0.158. The van der Waals surface area contributed by atoms with Gasteiger partial charge in [0.15, 0.2) is 0 Å². The van der Waals surface area contributed by atoms with E-state index in [4.69, 9.17) is 10.2 Å². The molecule has 0 aromatic heterocycles. The number of hydrogen-bond acceptors (Lipinski definition) is 2. The predicted octanol–water partition coefficient (Wildman–Crippen LogP) is 1.44. The summed E-state index contributed by atoms with van der Waals surface area (Å²) in [6.45, 7) is 4.63. The molecular weight excluding hydrogens is 172 g/mol. The summed E-state index contributed by atoms with van der Waals surface area (Å²) < 4.78 is 0. The third-order valence-electron chi connectivity index (χ3n) is 1.50. The van der Waals surface area contributed by atoms with Gasteiger partial charge in [-0.3, -0.25) is 0 Å². The van der Waals surface area contributed by atoms with Crippen molar-refractivity contribution >= 4 is 11.9 Å². The van der Waals surface area contributed by atoms with E-state index in [0.29, 0.717) is 5.57 Å². The second-order valence-corrected chi connectivity index (χ2v) is 2.69. The second kappa shape index (κ2) is 4.45. The molecule has 0 radical (unpaired) electrons. The smallest absolute Gasteiger partial charge is 0.336 e. The summed E-state index contributed by atoms with van der Waals surface area (Å²) >= 11 is 0. The van der Waals surface area contributed by atoms with E-state index in [-0.39, 0.29) is 11.1 Å². The van der Waals surface area contributed by atoms with Gasteiger partial charge in [-0.25, -0.2) is 9.59 Å². The van der Waals surface area contributed by atoms with Gasteiger partial charge in [-0.05, 0) is 20.8 Å². The van der Waals surface area contributed by atoms with Crippen LogP contribution >= 0.6 is 0 Å². The molecule has 0 fully saturated rings. The number of carboxylic acids is 2. The van der Waals surface area contributed by atoms with Crippen LogP contribution in [0, 0.1) is 0 Å². The maximum absolute atomic E-state index is 10.7. The van der Waals surface area contributed by atoms with Crippen LogP contribution in [0.1, 0.15) is 20.8 Å². The fraction of sp³-hybridized carbons (Fsp3) is 0.333. The van der Waals surface area contributed by atoms with Gasteiger partial charge in [-0.15, -0.1) is 0 Å². The summed E-state index contributed by atoms with van der Waals surface area (Å²) in [6.07, 6.45) is 1.28. The molecule has 0 aliphatic heterocycles. The van der Waals surface area contributed by atoms with Gasteiger partial charge in [0.05, 0.1) is 11.1 Å². The van der Waals surface area contributed by atoms with Crippen LogP contribution in [0.3, 0.4) is 0 Å². The van der Waals surface area contributed by atoms with Crippen molar-refractivity contribution in [1.82, 2.24) is 0 Å². The van der Waals surface area contributed by atoms with Crippen molar-refractivity contribution in [3.63, 3.8) is 0 Å². The Morgan fingerprint density at radius 2 is 1.54 bits per heavy atom. The summed E-state index contributed by atoms with van der Waals surface area (Å²) in [7, 11) is 0. The van der Waals surface area contributed by atoms with Crippen molar-refractivity contribution in [3.05, 3.63) is 22.8 Å². The molecule has 0 spiro atoms. The quantitative estimate of drug-likeness (QED) is 0.514. The Hall–Kier alpha value is -1.58. The minimum Gasteiger partial charge on any atom is -0.478 e. The van der Waals surface area contributed by atoms with E-state index >= 15 is 0 Å². The van der Waals surface area contributed by atoms with Crippen LogP contribution in [0.15, 0.2) is 22.8 Å². The Morgan fingerprint density at radius 1 is 1.08 bits per heavy atom. The molecule has 72 valence electrons. The summed E-state index contributed by atoms with van der Waals surface area (Å²) in [5, 5.41) is 17.4. The Bertz CT molecular complexity index is 293. The number of allylic oxidation sites excluding steroid dienone is 2. The largest absolute Gasteiger partial charge is 0.478 e. The lowest BCUT2D eigenvalue weighted by Crippen LogP contribution is -2.12. The molecule has 4 heteroatoms. The van der Waals surface area contributed by atoms with Crippen molar-refractivity contribution in [2.45, 2.75) is 20.8 Å². The Morgan fingerprint density at radius 3 is 1.62 bits per heavy atom. The maximum atomic E-state index is 10.7. The molecule has 0 bridgehead atoms. The molecule has 0 aromatic rings. The molecule has 0 saturated heterocycles. The van der Waals surface area contributed by atoms with Gasteiger partial charge in [-0.2, -0.15) is 0 Å². The summed E-state index contributed by atoms with van der Waals surface area (Å²) in [6, 6.07) is 0. The van der Waals surface area contributed by atoms with Crippen molar-refractivity contribution in [2.24, 2.45) is 0 Å². The zero-order chi connectivity index (χ0) is 10.6. The van der Waals surface area contributed by atoms with Crippen LogP contribution in [0.25, 0.3) is 0 Å². The van der Waals surface area contributed by atoms with E-state index in [0.717, 1.165) is 0 Å². The first-order valence-electron chi connectivity index (χ1n) is 3.72. The zero-order valence-electron chi connectivity index (χ0n) is 7.79. The number of carboxylic acid groups (broad SMARTS) is 2. The van der Waals surface area contributed by atoms with Crippen LogP contribution in [0.4, 0.5) is 0 Å². The zero-order valence-corrected chi connectivity index (χ0v) is 7.79. The molecule has 13 heavy (non-hydrogen) atoms. The lowest BCUT2D eigenvalue weighted by atomic mass is 10.0. The first-order chi connectivity index (χ1) is 5.91. The minimum atomic E-state index is -1.22. The lowest BCUT2D eigenvalue weighted by Gasteiger charge is -2.04. The van der Waals surface area contributed by atoms with E-state index in [2.05, 4.69) is 0 Å². The number of hydrogen-bond donors (Lipinski definition) is 2. The Labute approximate surface area is 76.2 Å². The third-order valence-corrected chi connectivity index (χ3v) is 1.50. The van der Waals surface area contributed by atoms with Crippen molar-refractivity contribution < 1.29 is 19.8 Å². The fourth-order valence-corrected chi connectivity index (χ4v) is 0.973.